The van der Waals surface area contributed by atoms with Crippen LogP contribution in [-0.2, 0) is 30.1 Å². The summed E-state index contributed by atoms with van der Waals surface area (Å²) in [6, 6.07) is 16.0. The largest absolute Gasteiger partial charge is 0.494 e. The third kappa shape index (κ3) is 6.95. The van der Waals surface area contributed by atoms with Gasteiger partial charge in [-0.1, -0.05) is 54.6 Å². The van der Waals surface area contributed by atoms with E-state index in [0.717, 1.165) is 16.6 Å². The maximum Gasteiger partial charge on any atom is 0.494 e. The Labute approximate surface area is 213 Å². The first-order valence-corrected chi connectivity index (χ1v) is 12.3. The molecule has 1 aliphatic rings. The zero-order valence-corrected chi connectivity index (χ0v) is 21.7. The van der Waals surface area contributed by atoms with Crippen molar-refractivity contribution >= 4 is 30.3 Å². The van der Waals surface area contributed by atoms with E-state index in [2.05, 4.69) is 10.6 Å². The summed E-state index contributed by atoms with van der Waals surface area (Å²) in [4.78, 5) is 36.7. The van der Waals surface area contributed by atoms with Crippen LogP contribution in [0.15, 0.2) is 54.6 Å². The van der Waals surface area contributed by atoms with Gasteiger partial charge in [0.1, 0.15) is 6.04 Å². The summed E-state index contributed by atoms with van der Waals surface area (Å²) < 4.78 is 12.1. The number of carbonyl (C=O) groups is 3. The van der Waals surface area contributed by atoms with E-state index in [1.807, 2.05) is 89.2 Å². The van der Waals surface area contributed by atoms with Gasteiger partial charge in [0.15, 0.2) is 0 Å². The topological polar surface area (TPSA) is 120 Å². The van der Waals surface area contributed by atoms with Gasteiger partial charge in [0.05, 0.1) is 17.2 Å². The van der Waals surface area contributed by atoms with Crippen LogP contribution in [0.3, 0.4) is 0 Å². The van der Waals surface area contributed by atoms with Crippen molar-refractivity contribution in [3.8, 4) is 0 Å². The van der Waals surface area contributed by atoms with Gasteiger partial charge < -0.3 is 25.7 Å². The van der Waals surface area contributed by atoms with E-state index >= 15 is 0 Å². The number of amides is 3. The summed E-state index contributed by atoms with van der Waals surface area (Å²) >= 11 is 0. The molecule has 0 radical (unpaired) electrons. The van der Waals surface area contributed by atoms with E-state index in [-0.39, 0.29) is 31.2 Å². The Hall–Kier alpha value is -3.17. The molecule has 4 N–H and O–H groups in total. The molecule has 192 valence electrons. The normalized spacial score (nSPS) is 17.8. The van der Waals surface area contributed by atoms with Crippen LogP contribution in [0, 0.1) is 0 Å². The number of nitrogens with two attached hydrogens (primary N) is 1. The second kappa shape index (κ2) is 11.3. The van der Waals surface area contributed by atoms with Crippen LogP contribution < -0.4 is 21.8 Å². The molecule has 1 fully saturated rings. The highest BCUT2D eigenvalue weighted by molar-refractivity contribution is 6.62. The van der Waals surface area contributed by atoms with Gasteiger partial charge in [-0.3, -0.25) is 14.4 Å². The summed E-state index contributed by atoms with van der Waals surface area (Å²) in [7, 11) is -0.480. The molecule has 1 aliphatic heterocycles. The number of hydrogen-bond acceptors (Lipinski definition) is 5. The molecule has 3 rings (SSSR count). The van der Waals surface area contributed by atoms with E-state index < -0.39 is 36.2 Å². The Morgan fingerprint density at radius 1 is 0.861 bits per heavy atom. The number of nitrogens with one attached hydrogen (secondary N) is 2. The van der Waals surface area contributed by atoms with Gasteiger partial charge >= 0.3 is 7.12 Å². The molecule has 36 heavy (non-hydrogen) atoms. The molecule has 0 saturated carbocycles. The molecule has 3 amide bonds. The fourth-order valence-corrected chi connectivity index (χ4v) is 3.88. The molecule has 0 unspecified atom stereocenters. The quantitative estimate of drug-likeness (QED) is 0.439. The van der Waals surface area contributed by atoms with Crippen molar-refractivity contribution in [2.75, 3.05) is 0 Å². The van der Waals surface area contributed by atoms with Crippen molar-refractivity contribution < 1.29 is 23.7 Å². The average Bonchev–Trinajstić information content (AvgIpc) is 3.05. The van der Waals surface area contributed by atoms with Gasteiger partial charge in [-0.2, -0.15) is 0 Å². The summed E-state index contributed by atoms with van der Waals surface area (Å²) in [5.41, 5.74) is 7.34. The first kappa shape index (κ1) is 27.4. The lowest BCUT2D eigenvalue weighted by molar-refractivity contribution is -0.129. The Balaban J connectivity index is 1.50. The molecular formula is C27H36BN3O5. The molecule has 0 aliphatic carbocycles. The molecular weight excluding hydrogens is 457 g/mol. The maximum atomic E-state index is 12.4. The second-order valence-electron chi connectivity index (χ2n) is 10.3. The van der Waals surface area contributed by atoms with E-state index in [1.165, 1.54) is 0 Å². The molecule has 0 aromatic heterocycles. The summed E-state index contributed by atoms with van der Waals surface area (Å²) in [6.45, 7) is 9.86. The zero-order chi connectivity index (χ0) is 26.5. The fourth-order valence-electron chi connectivity index (χ4n) is 3.88. The van der Waals surface area contributed by atoms with Crippen LogP contribution >= 0.6 is 0 Å². The molecule has 1 heterocycles. The van der Waals surface area contributed by atoms with Crippen LogP contribution in [0.1, 0.15) is 64.6 Å². The molecule has 1 saturated heterocycles. The number of hydrogen-bond donors (Lipinski definition) is 3. The van der Waals surface area contributed by atoms with Gasteiger partial charge in [-0.15, -0.1) is 0 Å². The Morgan fingerprint density at radius 2 is 1.39 bits per heavy atom. The number of rotatable bonds is 10. The molecule has 0 spiro atoms. The lowest BCUT2D eigenvalue weighted by atomic mass is 9.78. The number of benzene rings is 2. The van der Waals surface area contributed by atoms with Crippen molar-refractivity contribution in [2.24, 2.45) is 5.73 Å². The van der Waals surface area contributed by atoms with Gasteiger partial charge in [0.2, 0.25) is 17.7 Å². The van der Waals surface area contributed by atoms with Crippen molar-refractivity contribution in [1.29, 1.82) is 0 Å². The summed E-state index contributed by atoms with van der Waals surface area (Å²) in [6.07, 6.45) is 0.206. The van der Waals surface area contributed by atoms with Gasteiger partial charge in [-0.05, 0) is 51.2 Å². The third-order valence-electron chi connectivity index (χ3n) is 6.88. The van der Waals surface area contributed by atoms with Gasteiger partial charge in [0.25, 0.3) is 0 Å². The summed E-state index contributed by atoms with van der Waals surface area (Å²) in [5, 5.41) is 5.53. The minimum Gasteiger partial charge on any atom is -0.399 e. The third-order valence-corrected chi connectivity index (χ3v) is 6.88. The smallest absolute Gasteiger partial charge is 0.399 e. The van der Waals surface area contributed by atoms with E-state index in [4.69, 9.17) is 15.0 Å². The standard InChI is InChI=1S/C27H36BN3O5/c1-18(20-9-7-6-8-10-20)30-23(32)15-16-24(33)31-22(25(29)34)17-19-11-13-21(14-12-19)28-35-26(2,3)27(4,5)36-28/h6-14,18,22H,15-17H2,1-5H3,(H2,29,34)(H,30,32)(H,31,33)/t18-,22-/m1/s1. The highest BCUT2D eigenvalue weighted by Gasteiger charge is 2.51. The van der Waals surface area contributed by atoms with Crippen LogP contribution in [0.25, 0.3) is 0 Å². The molecule has 2 aromatic rings. The fraction of sp³-hybridized carbons (Fsp3) is 0.444. The molecule has 8 nitrogen and oxygen atoms in total. The minimum atomic E-state index is -0.883. The van der Waals surface area contributed by atoms with E-state index in [1.54, 1.807) is 0 Å². The zero-order valence-electron chi connectivity index (χ0n) is 21.7. The van der Waals surface area contributed by atoms with Crippen LogP contribution in [0.5, 0.6) is 0 Å². The van der Waals surface area contributed by atoms with E-state index in [9.17, 15) is 14.4 Å². The monoisotopic (exact) mass is 493 g/mol. The molecule has 2 atom stereocenters. The first-order chi connectivity index (χ1) is 16.9. The van der Waals surface area contributed by atoms with Crippen molar-refractivity contribution in [2.45, 2.75) is 77.2 Å². The van der Waals surface area contributed by atoms with Crippen molar-refractivity contribution in [1.82, 2.24) is 10.6 Å². The summed E-state index contributed by atoms with van der Waals surface area (Å²) in [5.74, 6) is -1.29. The Kier molecular flexibility index (Phi) is 8.58. The number of primary amides is 1. The van der Waals surface area contributed by atoms with Crippen molar-refractivity contribution in [3.05, 3.63) is 65.7 Å². The SMILES string of the molecule is C[C@@H](NC(=O)CCC(=O)N[C@H](Cc1ccc(B2OC(C)(C)C(C)(C)O2)cc1)C(N)=O)c1ccccc1. The Bertz CT molecular complexity index is 1060. The number of carbonyl (C=O) groups excluding carboxylic acids is 3. The highest BCUT2D eigenvalue weighted by Crippen LogP contribution is 2.36. The first-order valence-electron chi connectivity index (χ1n) is 12.3. The predicted octanol–water partition coefficient (Wildman–Crippen LogP) is 2.16. The second-order valence-corrected chi connectivity index (χ2v) is 10.3. The highest BCUT2D eigenvalue weighted by atomic mass is 16.7. The average molecular weight is 493 g/mol. The van der Waals surface area contributed by atoms with Gasteiger partial charge in [-0.25, -0.2) is 0 Å². The lowest BCUT2D eigenvalue weighted by Crippen LogP contribution is -2.46. The Morgan fingerprint density at radius 3 is 1.92 bits per heavy atom. The maximum absolute atomic E-state index is 12.4. The van der Waals surface area contributed by atoms with Crippen molar-refractivity contribution in [3.63, 3.8) is 0 Å². The predicted molar refractivity (Wildman–Crippen MR) is 139 cm³/mol. The molecule has 9 heteroatoms. The van der Waals surface area contributed by atoms with Crippen LogP contribution in [0.4, 0.5) is 0 Å². The van der Waals surface area contributed by atoms with Gasteiger partial charge in [0, 0.05) is 19.3 Å². The lowest BCUT2D eigenvalue weighted by Gasteiger charge is -2.32. The van der Waals surface area contributed by atoms with E-state index in [0.29, 0.717) is 0 Å². The minimum absolute atomic E-state index is 0.0112. The van der Waals surface area contributed by atoms with Crippen LogP contribution in [0.2, 0.25) is 0 Å². The molecule has 0 bridgehead atoms. The molecule has 2 aromatic carbocycles. The van der Waals surface area contributed by atoms with Crippen LogP contribution in [-0.4, -0.2) is 42.1 Å².